The Hall–Kier alpha value is -6.05. The van der Waals surface area contributed by atoms with Gasteiger partial charge in [-0.1, -0.05) is 60.7 Å². The molecule has 6 N–H and O–H groups in total. The molecule has 0 saturated carbocycles. The Bertz CT molecular complexity index is 1920. The lowest BCUT2D eigenvalue weighted by Gasteiger charge is -2.24. The quantitative estimate of drug-likeness (QED) is 0.0744. The van der Waals surface area contributed by atoms with Crippen molar-refractivity contribution < 1.29 is 38.2 Å². The molecule has 0 spiro atoms. The summed E-state index contributed by atoms with van der Waals surface area (Å²) in [4.78, 5) is 68.4. The molecule has 0 fully saturated rings. The van der Waals surface area contributed by atoms with Crippen molar-refractivity contribution in [2.75, 3.05) is 13.1 Å². The normalized spacial score (nSPS) is 12.5. The fourth-order valence-electron chi connectivity index (χ4n) is 5.57. The largest absolute Gasteiger partial charge is 0.489 e. The SMILES string of the molecule is CC(C)(C)OC(=O)NCCCCNC(=O)[C@H](Cc1c[nH]c2ccccc12)NC(=O)NC(=O)[C@H](Cc1ccc(OCc2ccccc2)cc1)NC(=O)OC(C)(C)C. The zero-order valence-electron chi connectivity index (χ0n) is 33.0. The van der Waals surface area contributed by atoms with Crippen LogP contribution < -0.4 is 31.3 Å². The summed E-state index contributed by atoms with van der Waals surface area (Å²) >= 11 is 0. The fourth-order valence-corrected chi connectivity index (χ4v) is 5.57. The zero-order valence-corrected chi connectivity index (χ0v) is 33.0. The number of aromatic nitrogens is 1. The van der Waals surface area contributed by atoms with Crippen molar-refractivity contribution in [3.8, 4) is 5.75 Å². The smallest absolute Gasteiger partial charge is 0.408 e. The first-order chi connectivity index (χ1) is 26.5. The number of H-pyrrole nitrogens is 1. The van der Waals surface area contributed by atoms with Crippen LogP contribution in [0.15, 0.2) is 85.1 Å². The van der Waals surface area contributed by atoms with E-state index in [-0.39, 0.29) is 19.4 Å². The van der Waals surface area contributed by atoms with Gasteiger partial charge in [0.05, 0.1) is 0 Å². The number of carbonyl (C=O) groups excluding carboxylic acids is 5. The number of fused-ring (bicyclic) bond motifs is 1. The lowest BCUT2D eigenvalue weighted by Crippen LogP contribution is -2.56. The molecule has 0 unspecified atom stereocenters. The molecule has 4 rings (SSSR count). The summed E-state index contributed by atoms with van der Waals surface area (Å²) in [7, 11) is 0. The Morgan fingerprint density at radius 3 is 1.93 bits per heavy atom. The average molecular weight is 771 g/mol. The predicted octanol–water partition coefficient (Wildman–Crippen LogP) is 6.04. The van der Waals surface area contributed by atoms with Crippen molar-refractivity contribution in [1.29, 1.82) is 0 Å². The first-order valence-electron chi connectivity index (χ1n) is 18.7. The Labute approximate surface area is 327 Å². The van der Waals surface area contributed by atoms with Gasteiger partial charge < -0.3 is 40.5 Å². The van der Waals surface area contributed by atoms with Gasteiger partial charge in [-0.05, 0) is 89.3 Å². The lowest BCUT2D eigenvalue weighted by molar-refractivity contribution is -0.124. The van der Waals surface area contributed by atoms with E-state index in [2.05, 4.69) is 31.6 Å². The number of rotatable bonds is 16. The van der Waals surface area contributed by atoms with E-state index in [0.29, 0.717) is 37.3 Å². The van der Waals surface area contributed by atoms with Gasteiger partial charge >= 0.3 is 18.2 Å². The van der Waals surface area contributed by atoms with Crippen LogP contribution in [0.2, 0.25) is 0 Å². The van der Waals surface area contributed by atoms with Crippen molar-refractivity contribution >= 4 is 40.9 Å². The van der Waals surface area contributed by atoms with Gasteiger partial charge in [-0.3, -0.25) is 14.9 Å². The van der Waals surface area contributed by atoms with E-state index in [4.69, 9.17) is 14.2 Å². The summed E-state index contributed by atoms with van der Waals surface area (Å²) in [5, 5.41) is 14.0. The standard InChI is InChI=1S/C42H54N6O8/c1-41(2,3)55-39(52)44-23-13-12-22-43-36(49)35(25-30-26-45-33-17-11-10-16-32(30)33)46-38(51)48-37(50)34(47-40(53)56-42(4,5)6)24-28-18-20-31(21-19-28)54-27-29-14-8-7-9-15-29/h7-11,14-21,26,34-35,45H,12-13,22-25,27H2,1-6H3,(H,43,49)(H,44,52)(H,47,53)(H2,46,48,50,51)/t34-,35-/m0/s1. The first-order valence-corrected chi connectivity index (χ1v) is 18.7. The molecule has 0 radical (unpaired) electrons. The number of ether oxygens (including phenoxy) is 3. The van der Waals surface area contributed by atoms with Crippen LogP contribution >= 0.6 is 0 Å². The predicted molar refractivity (Wildman–Crippen MR) is 213 cm³/mol. The molecule has 4 aromatic rings. The number of carbonyl (C=O) groups is 5. The molecule has 2 atom stereocenters. The highest BCUT2D eigenvalue weighted by Crippen LogP contribution is 2.20. The van der Waals surface area contributed by atoms with E-state index in [1.54, 1.807) is 72.0 Å². The number of alkyl carbamates (subject to hydrolysis) is 2. The van der Waals surface area contributed by atoms with Crippen LogP contribution in [0.25, 0.3) is 10.9 Å². The van der Waals surface area contributed by atoms with Crippen molar-refractivity contribution in [2.45, 2.75) is 97.1 Å². The number of nitrogens with one attached hydrogen (secondary N) is 6. The van der Waals surface area contributed by atoms with Gasteiger partial charge in [0.2, 0.25) is 5.91 Å². The molecule has 3 aromatic carbocycles. The number of imide groups is 1. The number of hydrogen-bond donors (Lipinski definition) is 6. The number of amides is 6. The number of benzene rings is 3. The minimum atomic E-state index is -1.21. The minimum Gasteiger partial charge on any atom is -0.489 e. The van der Waals surface area contributed by atoms with Crippen LogP contribution in [-0.2, 0) is 38.5 Å². The maximum Gasteiger partial charge on any atom is 0.408 e. The molecule has 1 heterocycles. The van der Waals surface area contributed by atoms with E-state index in [1.165, 1.54) is 0 Å². The molecule has 0 bridgehead atoms. The van der Waals surface area contributed by atoms with Crippen molar-refractivity contribution in [3.63, 3.8) is 0 Å². The molecule has 0 aliphatic rings. The molecule has 0 aliphatic heterocycles. The second-order valence-electron chi connectivity index (χ2n) is 15.3. The number of aromatic amines is 1. The number of para-hydroxylation sites is 1. The van der Waals surface area contributed by atoms with E-state index in [1.807, 2.05) is 54.6 Å². The zero-order chi connectivity index (χ0) is 40.7. The van der Waals surface area contributed by atoms with Gasteiger partial charge in [-0.25, -0.2) is 14.4 Å². The number of unbranched alkanes of at least 4 members (excludes halogenated alkanes) is 1. The van der Waals surface area contributed by atoms with Crippen LogP contribution in [0.4, 0.5) is 14.4 Å². The molecule has 0 aliphatic carbocycles. The summed E-state index contributed by atoms with van der Waals surface area (Å²) < 4.78 is 16.5. The van der Waals surface area contributed by atoms with Crippen LogP contribution in [0.5, 0.6) is 5.75 Å². The van der Waals surface area contributed by atoms with E-state index in [0.717, 1.165) is 22.0 Å². The maximum atomic E-state index is 13.6. The highest BCUT2D eigenvalue weighted by Gasteiger charge is 2.28. The topological polar surface area (TPSA) is 189 Å². The van der Waals surface area contributed by atoms with Crippen LogP contribution in [0.3, 0.4) is 0 Å². The molecular formula is C42H54N6O8. The Kier molecular flexibility index (Phi) is 15.3. The van der Waals surface area contributed by atoms with Gasteiger partial charge in [0, 0.05) is 43.0 Å². The molecule has 14 nitrogen and oxygen atoms in total. The van der Waals surface area contributed by atoms with Gasteiger partial charge in [-0.2, -0.15) is 0 Å². The van der Waals surface area contributed by atoms with E-state index < -0.39 is 53.3 Å². The summed E-state index contributed by atoms with van der Waals surface area (Å²) in [6.07, 6.45) is 1.69. The Morgan fingerprint density at radius 1 is 0.643 bits per heavy atom. The van der Waals surface area contributed by atoms with Gasteiger partial charge in [-0.15, -0.1) is 0 Å². The molecule has 56 heavy (non-hydrogen) atoms. The molecule has 300 valence electrons. The fraction of sp³-hybridized carbons (Fsp3) is 0.405. The van der Waals surface area contributed by atoms with Gasteiger partial charge in [0.1, 0.15) is 35.6 Å². The third kappa shape index (κ3) is 15.0. The highest BCUT2D eigenvalue weighted by atomic mass is 16.6. The van der Waals surface area contributed by atoms with E-state index in [9.17, 15) is 24.0 Å². The molecule has 0 saturated heterocycles. The molecule has 1 aromatic heterocycles. The lowest BCUT2D eigenvalue weighted by atomic mass is 10.0. The molecular weight excluding hydrogens is 716 g/mol. The van der Waals surface area contributed by atoms with Crippen LogP contribution in [0.1, 0.15) is 71.1 Å². The average Bonchev–Trinajstić information content (AvgIpc) is 3.53. The third-order valence-corrected chi connectivity index (χ3v) is 8.15. The number of urea groups is 1. The Morgan fingerprint density at radius 2 is 1.25 bits per heavy atom. The van der Waals surface area contributed by atoms with Crippen LogP contribution in [0, 0.1) is 0 Å². The first kappa shape index (κ1) is 42.7. The minimum absolute atomic E-state index is 0.0271. The third-order valence-electron chi connectivity index (χ3n) is 8.15. The molecule has 14 heteroatoms. The Balaban J connectivity index is 1.40. The summed E-state index contributed by atoms with van der Waals surface area (Å²) in [6.45, 7) is 11.5. The summed E-state index contributed by atoms with van der Waals surface area (Å²) in [5.74, 6) is -0.646. The summed E-state index contributed by atoms with van der Waals surface area (Å²) in [6, 6.07) is 21.2. The van der Waals surface area contributed by atoms with Gasteiger partial charge in [0.25, 0.3) is 5.91 Å². The number of hydrogen-bond acceptors (Lipinski definition) is 8. The maximum absolute atomic E-state index is 13.6. The second kappa shape index (κ2) is 20.0. The molecule has 6 amide bonds. The van der Waals surface area contributed by atoms with Gasteiger partial charge in [0.15, 0.2) is 0 Å². The highest BCUT2D eigenvalue weighted by molar-refractivity contribution is 6.00. The second-order valence-corrected chi connectivity index (χ2v) is 15.3. The van der Waals surface area contributed by atoms with Crippen molar-refractivity contribution in [3.05, 3.63) is 102 Å². The van der Waals surface area contributed by atoms with Crippen LogP contribution in [-0.4, -0.2) is 71.4 Å². The van der Waals surface area contributed by atoms with Crippen molar-refractivity contribution in [2.24, 2.45) is 0 Å². The summed E-state index contributed by atoms with van der Waals surface area (Å²) in [5.41, 5.74) is 1.91. The van der Waals surface area contributed by atoms with Crippen molar-refractivity contribution in [1.82, 2.24) is 31.6 Å². The van der Waals surface area contributed by atoms with E-state index >= 15 is 0 Å². The monoisotopic (exact) mass is 770 g/mol.